The number of pyridine rings is 1. The van der Waals surface area contributed by atoms with Crippen LogP contribution >= 0.6 is 11.8 Å². The Morgan fingerprint density at radius 2 is 1.86 bits per heavy atom. The molecule has 146 valence electrons. The van der Waals surface area contributed by atoms with Crippen LogP contribution in [-0.4, -0.2) is 44.0 Å². The molecule has 3 aromatic rings. The molecule has 1 aromatic heterocycles. The maximum Gasteiger partial charge on any atom is 0.243 e. The Morgan fingerprint density at radius 1 is 1.07 bits per heavy atom. The lowest BCUT2D eigenvalue weighted by Gasteiger charge is -2.26. The zero-order valence-corrected chi connectivity index (χ0v) is 17.3. The molecule has 0 spiro atoms. The number of rotatable bonds is 5. The lowest BCUT2D eigenvalue weighted by Crippen LogP contribution is -2.40. The van der Waals surface area contributed by atoms with Gasteiger partial charge in [-0.05, 0) is 42.3 Å². The van der Waals surface area contributed by atoms with Gasteiger partial charge < -0.3 is 4.74 Å². The fourth-order valence-electron chi connectivity index (χ4n) is 3.28. The summed E-state index contributed by atoms with van der Waals surface area (Å²) in [6.07, 6.45) is 0. The molecule has 1 fully saturated rings. The minimum Gasteiger partial charge on any atom is -0.379 e. The van der Waals surface area contributed by atoms with Crippen molar-refractivity contribution in [2.45, 2.75) is 22.6 Å². The zero-order chi connectivity index (χ0) is 19.6. The number of sulfonamides is 1. The Labute approximate surface area is 169 Å². The third kappa shape index (κ3) is 4.07. The van der Waals surface area contributed by atoms with Gasteiger partial charge in [-0.15, -0.1) is 11.8 Å². The van der Waals surface area contributed by atoms with Gasteiger partial charge in [0.25, 0.3) is 0 Å². The molecule has 0 N–H and O–H groups in total. The monoisotopic (exact) mass is 414 g/mol. The number of aromatic nitrogens is 1. The van der Waals surface area contributed by atoms with Crippen molar-refractivity contribution in [1.29, 1.82) is 0 Å². The van der Waals surface area contributed by atoms with Crippen molar-refractivity contribution >= 4 is 32.7 Å². The number of aryl methyl sites for hydroxylation is 1. The van der Waals surface area contributed by atoms with Crippen LogP contribution in [0.5, 0.6) is 0 Å². The fourth-order valence-corrected chi connectivity index (χ4v) is 5.68. The summed E-state index contributed by atoms with van der Waals surface area (Å²) in [6, 6.07) is 17.4. The largest absolute Gasteiger partial charge is 0.379 e. The zero-order valence-electron chi connectivity index (χ0n) is 15.7. The first-order valence-electron chi connectivity index (χ1n) is 9.20. The Kier molecular flexibility index (Phi) is 5.68. The van der Waals surface area contributed by atoms with E-state index in [0.717, 1.165) is 21.5 Å². The molecular weight excluding hydrogens is 392 g/mol. The maximum atomic E-state index is 12.9. The molecule has 0 amide bonds. The number of morpholine rings is 1. The normalized spacial score (nSPS) is 15.8. The summed E-state index contributed by atoms with van der Waals surface area (Å²) in [5, 5.41) is 2.10. The molecule has 0 bridgehead atoms. The second kappa shape index (κ2) is 8.21. The van der Waals surface area contributed by atoms with Crippen molar-refractivity contribution in [2.24, 2.45) is 0 Å². The number of benzene rings is 2. The predicted octanol–water partition coefficient (Wildman–Crippen LogP) is 3.86. The molecule has 0 unspecified atom stereocenters. The van der Waals surface area contributed by atoms with Crippen LogP contribution in [-0.2, 0) is 20.5 Å². The van der Waals surface area contributed by atoms with Gasteiger partial charge in [0.1, 0.15) is 0 Å². The smallest absolute Gasteiger partial charge is 0.243 e. The average molecular weight is 415 g/mol. The molecule has 1 aliphatic rings. The van der Waals surface area contributed by atoms with E-state index in [1.807, 2.05) is 30.3 Å². The lowest BCUT2D eigenvalue weighted by molar-refractivity contribution is 0.0730. The van der Waals surface area contributed by atoms with Crippen LogP contribution in [0.4, 0.5) is 0 Å². The quantitative estimate of drug-likeness (QED) is 0.594. The highest BCUT2D eigenvalue weighted by Crippen LogP contribution is 2.27. The summed E-state index contributed by atoms with van der Waals surface area (Å²) in [7, 11) is -3.47. The van der Waals surface area contributed by atoms with Gasteiger partial charge in [0, 0.05) is 24.2 Å². The van der Waals surface area contributed by atoms with E-state index in [-0.39, 0.29) is 0 Å². The standard InChI is InChI=1S/C21H22N2O3S2/c1-16-13-21(22-20-8-3-2-7-19(16)20)27-15-17-5-4-6-18(14-17)28(24,25)23-9-11-26-12-10-23/h2-8,13-14H,9-12,15H2,1H3. The minimum absolute atomic E-state index is 0.343. The van der Waals surface area contributed by atoms with Crippen molar-refractivity contribution in [1.82, 2.24) is 9.29 Å². The number of para-hydroxylation sites is 1. The SMILES string of the molecule is Cc1cc(SCc2cccc(S(=O)(=O)N3CCOCC3)c2)nc2ccccc12. The molecule has 4 rings (SSSR count). The second-order valence-corrected chi connectivity index (χ2v) is 9.68. The first kappa shape index (κ1) is 19.4. The van der Waals surface area contributed by atoms with Crippen LogP contribution in [0, 0.1) is 6.92 Å². The number of nitrogens with zero attached hydrogens (tertiary/aromatic N) is 2. The number of hydrogen-bond donors (Lipinski definition) is 0. The van der Waals surface area contributed by atoms with Gasteiger partial charge in [0.2, 0.25) is 10.0 Å². The number of ether oxygens (including phenoxy) is 1. The summed E-state index contributed by atoms with van der Waals surface area (Å²) in [5.41, 5.74) is 3.14. The van der Waals surface area contributed by atoms with Gasteiger partial charge in [-0.1, -0.05) is 30.3 Å². The molecule has 1 aliphatic heterocycles. The van der Waals surface area contributed by atoms with Crippen molar-refractivity contribution < 1.29 is 13.2 Å². The van der Waals surface area contributed by atoms with Crippen molar-refractivity contribution in [3.8, 4) is 0 Å². The van der Waals surface area contributed by atoms with E-state index >= 15 is 0 Å². The Morgan fingerprint density at radius 3 is 2.68 bits per heavy atom. The lowest BCUT2D eigenvalue weighted by atomic mass is 10.1. The van der Waals surface area contributed by atoms with Crippen LogP contribution < -0.4 is 0 Å². The van der Waals surface area contributed by atoms with Gasteiger partial charge in [-0.3, -0.25) is 0 Å². The van der Waals surface area contributed by atoms with Crippen molar-refractivity contribution in [3.05, 3.63) is 65.7 Å². The summed E-state index contributed by atoms with van der Waals surface area (Å²) in [4.78, 5) is 5.06. The van der Waals surface area contributed by atoms with Gasteiger partial charge in [0.15, 0.2) is 0 Å². The maximum absolute atomic E-state index is 12.9. The van der Waals surface area contributed by atoms with Crippen molar-refractivity contribution in [2.75, 3.05) is 26.3 Å². The predicted molar refractivity (Wildman–Crippen MR) is 112 cm³/mol. The minimum atomic E-state index is -3.47. The van der Waals surface area contributed by atoms with E-state index in [1.54, 1.807) is 23.9 Å². The molecule has 5 nitrogen and oxygen atoms in total. The molecule has 0 saturated carbocycles. The molecule has 1 saturated heterocycles. The Balaban J connectivity index is 1.52. The van der Waals surface area contributed by atoms with E-state index in [4.69, 9.17) is 9.72 Å². The van der Waals surface area contributed by atoms with E-state index in [1.165, 1.54) is 9.87 Å². The molecule has 2 aromatic carbocycles. The summed E-state index contributed by atoms with van der Waals surface area (Å²) in [6.45, 7) is 3.79. The third-order valence-electron chi connectivity index (χ3n) is 4.79. The second-order valence-electron chi connectivity index (χ2n) is 6.75. The van der Waals surface area contributed by atoms with Gasteiger partial charge in [0.05, 0.1) is 28.7 Å². The molecule has 0 aliphatic carbocycles. The Bertz CT molecular complexity index is 1090. The van der Waals surface area contributed by atoms with Crippen LogP contribution in [0.25, 0.3) is 10.9 Å². The topological polar surface area (TPSA) is 59.5 Å². The molecule has 28 heavy (non-hydrogen) atoms. The van der Waals surface area contributed by atoms with E-state index in [9.17, 15) is 8.42 Å². The van der Waals surface area contributed by atoms with Crippen LogP contribution in [0.2, 0.25) is 0 Å². The number of thioether (sulfide) groups is 1. The molecule has 0 atom stereocenters. The summed E-state index contributed by atoms with van der Waals surface area (Å²) < 4.78 is 32.5. The summed E-state index contributed by atoms with van der Waals surface area (Å²) in [5.74, 6) is 0.664. The van der Waals surface area contributed by atoms with Gasteiger partial charge >= 0.3 is 0 Å². The van der Waals surface area contributed by atoms with Gasteiger partial charge in [-0.25, -0.2) is 13.4 Å². The van der Waals surface area contributed by atoms with Crippen LogP contribution in [0.15, 0.2) is 64.5 Å². The van der Waals surface area contributed by atoms with Crippen molar-refractivity contribution in [3.63, 3.8) is 0 Å². The summed E-state index contributed by atoms with van der Waals surface area (Å²) >= 11 is 1.62. The van der Waals surface area contributed by atoms with E-state index in [2.05, 4.69) is 19.1 Å². The van der Waals surface area contributed by atoms with Gasteiger partial charge in [-0.2, -0.15) is 4.31 Å². The third-order valence-corrected chi connectivity index (χ3v) is 7.67. The number of fused-ring (bicyclic) bond motifs is 1. The highest BCUT2D eigenvalue weighted by Gasteiger charge is 2.26. The number of hydrogen-bond acceptors (Lipinski definition) is 5. The molecule has 0 radical (unpaired) electrons. The molecule has 2 heterocycles. The molecule has 7 heteroatoms. The average Bonchev–Trinajstić information content (AvgIpc) is 2.73. The highest BCUT2D eigenvalue weighted by molar-refractivity contribution is 7.98. The van der Waals surface area contributed by atoms with E-state index < -0.39 is 10.0 Å². The fraction of sp³-hybridized carbons (Fsp3) is 0.286. The Hall–Kier alpha value is -1.93. The van der Waals surface area contributed by atoms with Crippen LogP contribution in [0.3, 0.4) is 0 Å². The first-order valence-corrected chi connectivity index (χ1v) is 11.6. The highest BCUT2D eigenvalue weighted by atomic mass is 32.2. The molecular formula is C21H22N2O3S2. The van der Waals surface area contributed by atoms with E-state index in [0.29, 0.717) is 37.0 Å². The van der Waals surface area contributed by atoms with Crippen LogP contribution in [0.1, 0.15) is 11.1 Å². The first-order chi connectivity index (χ1) is 13.5.